The minimum atomic E-state index is -4.03. The average molecular weight is 497 g/mol. The second kappa shape index (κ2) is 10.8. The Kier molecular flexibility index (Phi) is 8.72. The molecule has 0 spiro atoms. The fourth-order valence-corrected chi connectivity index (χ4v) is 6.16. The molecular weight excluding hydrogens is 471 g/mol. The third kappa shape index (κ3) is 6.03. The van der Waals surface area contributed by atoms with Crippen molar-refractivity contribution in [2.24, 2.45) is 5.92 Å². The molecule has 2 fully saturated rings. The van der Waals surface area contributed by atoms with Crippen LogP contribution >= 0.6 is 35.0 Å². The molecule has 2 aliphatic heterocycles. The van der Waals surface area contributed by atoms with E-state index in [0.29, 0.717) is 38.5 Å². The van der Waals surface area contributed by atoms with Gasteiger partial charge in [0, 0.05) is 24.0 Å². The number of piperidine rings is 1. The molecule has 2 unspecified atom stereocenters. The van der Waals surface area contributed by atoms with E-state index in [2.05, 4.69) is 4.72 Å². The van der Waals surface area contributed by atoms with Crippen molar-refractivity contribution in [3.63, 3.8) is 0 Å². The number of hydrogen-bond donors (Lipinski definition) is 1. The van der Waals surface area contributed by atoms with Gasteiger partial charge in [-0.2, -0.15) is 16.5 Å². The first kappa shape index (κ1) is 24.1. The number of carbonyl (C=O) groups is 1. The van der Waals surface area contributed by atoms with Gasteiger partial charge in [-0.15, -0.1) is 0 Å². The highest BCUT2D eigenvalue weighted by Gasteiger charge is 2.36. The Labute approximate surface area is 191 Å². The summed E-state index contributed by atoms with van der Waals surface area (Å²) in [6, 6.07) is 3.34. The number of nitrogens with zero attached hydrogens (tertiary/aromatic N) is 1. The van der Waals surface area contributed by atoms with Gasteiger partial charge in [0.05, 0.1) is 18.2 Å². The van der Waals surface area contributed by atoms with Crippen LogP contribution in [0.15, 0.2) is 23.1 Å². The van der Waals surface area contributed by atoms with E-state index in [1.165, 1.54) is 18.2 Å². The number of halogens is 2. The van der Waals surface area contributed by atoms with Crippen molar-refractivity contribution in [3.05, 3.63) is 28.2 Å². The second-order valence-corrected chi connectivity index (χ2v) is 10.8. The summed E-state index contributed by atoms with van der Waals surface area (Å²) in [5.41, 5.74) is 0. The van der Waals surface area contributed by atoms with Crippen LogP contribution in [0.4, 0.5) is 0 Å². The van der Waals surface area contributed by atoms with Crippen molar-refractivity contribution in [2.45, 2.75) is 36.5 Å². The Hall–Kier alpha value is -0.550. The van der Waals surface area contributed by atoms with Crippen molar-refractivity contribution in [3.8, 4) is 0 Å². The molecular formula is C19H26Cl2N2O5S2. The zero-order valence-corrected chi connectivity index (χ0v) is 19.8. The van der Waals surface area contributed by atoms with Gasteiger partial charge in [-0.1, -0.05) is 23.2 Å². The van der Waals surface area contributed by atoms with Gasteiger partial charge in [0.25, 0.3) is 0 Å². The molecule has 0 aliphatic carbocycles. The first-order valence-corrected chi connectivity index (χ1v) is 13.4. The lowest BCUT2D eigenvalue weighted by Gasteiger charge is -2.36. The van der Waals surface area contributed by atoms with E-state index in [-0.39, 0.29) is 33.1 Å². The Morgan fingerprint density at radius 3 is 2.77 bits per heavy atom. The molecule has 1 N–H and O–H groups in total. The van der Waals surface area contributed by atoms with E-state index in [4.69, 9.17) is 32.7 Å². The summed E-state index contributed by atoms with van der Waals surface area (Å²) in [5, 5.41) is 0.304. The van der Waals surface area contributed by atoms with Crippen molar-refractivity contribution < 1.29 is 22.7 Å². The zero-order valence-electron chi connectivity index (χ0n) is 16.7. The maximum atomic E-state index is 13.3. The third-order valence-electron chi connectivity index (χ3n) is 5.19. The van der Waals surface area contributed by atoms with E-state index < -0.39 is 16.1 Å². The minimum Gasteiger partial charge on any atom is -0.350 e. The number of nitrogens with one attached hydrogen (secondary N) is 1. The molecule has 1 aromatic rings. The molecule has 0 bridgehead atoms. The molecule has 2 heterocycles. The number of rotatable bonds is 8. The number of sulfonamides is 1. The summed E-state index contributed by atoms with van der Waals surface area (Å²) in [6.45, 7) is 2.19. The summed E-state index contributed by atoms with van der Waals surface area (Å²) in [4.78, 5) is 14.9. The standard InChI is InChI=1S/C19H26Cl2N2O5S2/c1-29-10-6-16(22-30(25,26)17-11-14(20)4-5-15(17)21)18(24)23-7-2-3-13(12-23)19-27-8-9-28-19/h4-5,11,13,16,19,22H,2-3,6-10,12H2,1H3. The lowest BCUT2D eigenvalue weighted by Crippen LogP contribution is -2.52. The molecule has 1 aromatic carbocycles. The Balaban J connectivity index is 1.75. The number of thioether (sulfide) groups is 1. The van der Waals surface area contributed by atoms with Crippen LogP contribution in [0, 0.1) is 5.92 Å². The molecule has 2 aliphatic rings. The molecule has 2 saturated heterocycles. The Bertz CT molecular complexity index is 849. The van der Waals surface area contributed by atoms with Gasteiger partial charge >= 0.3 is 0 Å². The maximum absolute atomic E-state index is 13.3. The smallest absolute Gasteiger partial charge is 0.242 e. The van der Waals surface area contributed by atoms with Crippen molar-refractivity contribution >= 4 is 50.9 Å². The van der Waals surface area contributed by atoms with Gasteiger partial charge in [0.1, 0.15) is 10.9 Å². The van der Waals surface area contributed by atoms with Gasteiger partial charge in [-0.05, 0) is 49.5 Å². The molecule has 30 heavy (non-hydrogen) atoms. The monoisotopic (exact) mass is 496 g/mol. The van der Waals surface area contributed by atoms with Gasteiger partial charge in [-0.3, -0.25) is 4.79 Å². The van der Waals surface area contributed by atoms with Crippen LogP contribution < -0.4 is 4.72 Å². The van der Waals surface area contributed by atoms with Gasteiger partial charge in [0.15, 0.2) is 6.29 Å². The largest absolute Gasteiger partial charge is 0.350 e. The molecule has 1 amide bonds. The highest BCUT2D eigenvalue weighted by atomic mass is 35.5. The molecule has 0 radical (unpaired) electrons. The van der Waals surface area contributed by atoms with E-state index >= 15 is 0 Å². The highest BCUT2D eigenvalue weighted by molar-refractivity contribution is 7.98. The molecule has 168 valence electrons. The maximum Gasteiger partial charge on any atom is 0.242 e. The average Bonchev–Trinajstić information content (AvgIpc) is 3.27. The fourth-order valence-electron chi connectivity index (χ4n) is 3.70. The van der Waals surface area contributed by atoms with Crippen LogP contribution in [0.3, 0.4) is 0 Å². The summed E-state index contributed by atoms with van der Waals surface area (Å²) < 4.78 is 39.7. The fraction of sp³-hybridized carbons (Fsp3) is 0.632. The summed E-state index contributed by atoms with van der Waals surface area (Å²) in [6.07, 6.45) is 3.72. The summed E-state index contributed by atoms with van der Waals surface area (Å²) in [5.74, 6) is 0.479. The van der Waals surface area contributed by atoms with E-state index in [1.807, 2.05) is 6.26 Å². The molecule has 7 nitrogen and oxygen atoms in total. The first-order chi connectivity index (χ1) is 14.3. The molecule has 0 aromatic heterocycles. The first-order valence-electron chi connectivity index (χ1n) is 9.80. The molecule has 11 heteroatoms. The van der Waals surface area contributed by atoms with Gasteiger partial charge < -0.3 is 14.4 Å². The predicted octanol–water partition coefficient (Wildman–Crippen LogP) is 3.00. The van der Waals surface area contributed by atoms with Crippen LogP contribution in [0.25, 0.3) is 0 Å². The lowest BCUT2D eigenvalue weighted by atomic mass is 9.96. The Morgan fingerprint density at radius 1 is 1.33 bits per heavy atom. The van der Waals surface area contributed by atoms with Crippen LogP contribution in [-0.4, -0.2) is 69.9 Å². The van der Waals surface area contributed by atoms with Crippen molar-refractivity contribution in [1.29, 1.82) is 0 Å². The number of hydrogen-bond acceptors (Lipinski definition) is 6. The number of amides is 1. The normalized spacial score (nSPS) is 21.7. The number of likely N-dealkylation sites (tertiary alicyclic amines) is 1. The number of ether oxygens (including phenoxy) is 2. The Morgan fingerprint density at radius 2 is 2.07 bits per heavy atom. The van der Waals surface area contributed by atoms with Gasteiger partial charge in [0.2, 0.25) is 15.9 Å². The van der Waals surface area contributed by atoms with Crippen LogP contribution in [-0.2, 0) is 24.3 Å². The highest BCUT2D eigenvalue weighted by Crippen LogP contribution is 2.27. The van der Waals surface area contributed by atoms with Crippen molar-refractivity contribution in [2.75, 3.05) is 38.3 Å². The van der Waals surface area contributed by atoms with E-state index in [9.17, 15) is 13.2 Å². The second-order valence-electron chi connectivity index (χ2n) is 7.33. The minimum absolute atomic E-state index is 0.0523. The molecule has 2 atom stereocenters. The van der Waals surface area contributed by atoms with Crippen molar-refractivity contribution in [1.82, 2.24) is 9.62 Å². The van der Waals surface area contributed by atoms with E-state index in [1.54, 1.807) is 16.7 Å². The van der Waals surface area contributed by atoms with Crippen LogP contribution in [0.2, 0.25) is 10.0 Å². The molecule has 0 saturated carbocycles. The van der Waals surface area contributed by atoms with Gasteiger partial charge in [-0.25, -0.2) is 8.42 Å². The quantitative estimate of drug-likeness (QED) is 0.595. The SMILES string of the molecule is CSCCC(NS(=O)(=O)c1cc(Cl)ccc1Cl)C(=O)N1CCCC(C2OCCO2)C1. The summed E-state index contributed by atoms with van der Waals surface area (Å²) in [7, 11) is -4.03. The summed E-state index contributed by atoms with van der Waals surface area (Å²) >= 11 is 13.6. The van der Waals surface area contributed by atoms with Crippen LogP contribution in [0.1, 0.15) is 19.3 Å². The predicted molar refractivity (Wildman–Crippen MR) is 119 cm³/mol. The number of benzene rings is 1. The molecule has 3 rings (SSSR count). The topological polar surface area (TPSA) is 84.9 Å². The van der Waals surface area contributed by atoms with Crippen LogP contribution in [0.5, 0.6) is 0 Å². The lowest BCUT2D eigenvalue weighted by molar-refractivity contribution is -0.141. The zero-order chi connectivity index (χ0) is 21.7. The van der Waals surface area contributed by atoms with E-state index in [0.717, 1.165) is 12.8 Å². The number of carbonyl (C=O) groups excluding carboxylic acids is 1. The third-order valence-corrected chi connectivity index (χ3v) is 8.02.